The summed E-state index contributed by atoms with van der Waals surface area (Å²) < 4.78 is 16.5. The number of fused-ring (bicyclic) bond motifs is 1. The lowest BCUT2D eigenvalue weighted by molar-refractivity contribution is 0.0247. The number of hydrogen-bond acceptors (Lipinski definition) is 7. The first kappa shape index (κ1) is 24.6. The van der Waals surface area contributed by atoms with E-state index in [1.807, 2.05) is 56.3 Å². The van der Waals surface area contributed by atoms with Crippen LogP contribution in [0.5, 0.6) is 5.75 Å². The number of Topliss-reactive ketones (excluding diaryl/α,β-unsaturated/α-hetero) is 1. The molecule has 1 aromatic heterocycles. The predicted molar refractivity (Wildman–Crippen MR) is 130 cm³/mol. The summed E-state index contributed by atoms with van der Waals surface area (Å²) in [6, 6.07) is 13.7. The van der Waals surface area contributed by atoms with E-state index in [1.54, 1.807) is 6.20 Å². The molecule has 0 aliphatic rings. The van der Waals surface area contributed by atoms with Crippen molar-refractivity contribution in [2.45, 2.75) is 26.7 Å². The van der Waals surface area contributed by atoms with E-state index in [9.17, 15) is 4.79 Å². The minimum atomic E-state index is 0.00632. The average molecular weight is 453 g/mol. The molecule has 7 heteroatoms. The third-order valence-corrected chi connectivity index (χ3v) is 5.13. The molecule has 3 rings (SSSR count). The van der Waals surface area contributed by atoms with Gasteiger partial charge in [-0.15, -0.1) is 0 Å². The molecule has 33 heavy (non-hydrogen) atoms. The fraction of sp³-hybridized carbons (Fsp3) is 0.385. The van der Waals surface area contributed by atoms with Gasteiger partial charge in [-0.2, -0.15) is 0 Å². The zero-order valence-electron chi connectivity index (χ0n) is 19.3. The van der Waals surface area contributed by atoms with Crippen LogP contribution in [0.15, 0.2) is 48.7 Å². The van der Waals surface area contributed by atoms with Gasteiger partial charge in [-0.05, 0) is 43.2 Å². The smallest absolute Gasteiger partial charge is 0.166 e. The fourth-order valence-electron chi connectivity index (χ4n) is 3.42. The molecule has 0 fully saturated rings. The number of carbonyl (C=O) groups is 1. The summed E-state index contributed by atoms with van der Waals surface area (Å²) in [5.74, 6) is 0.739. The Kier molecular flexibility index (Phi) is 9.62. The first-order valence-corrected chi connectivity index (χ1v) is 11.3. The van der Waals surface area contributed by atoms with Crippen LogP contribution in [0.3, 0.4) is 0 Å². The molecule has 176 valence electrons. The first-order chi connectivity index (χ1) is 16.1. The molecule has 0 amide bonds. The SMILES string of the molecule is CCCC(=O)c1cnc2ccc(OCCOCCOCCO)cc2c1Nc1ccccc1C. The molecule has 0 aliphatic carbocycles. The van der Waals surface area contributed by atoms with Gasteiger partial charge in [0.2, 0.25) is 0 Å². The summed E-state index contributed by atoms with van der Waals surface area (Å²) in [6.07, 6.45) is 2.90. The van der Waals surface area contributed by atoms with Crippen LogP contribution in [0, 0.1) is 6.92 Å². The molecule has 0 spiro atoms. The summed E-state index contributed by atoms with van der Waals surface area (Å²) in [7, 11) is 0. The molecule has 7 nitrogen and oxygen atoms in total. The van der Waals surface area contributed by atoms with Crippen LogP contribution >= 0.6 is 0 Å². The summed E-state index contributed by atoms with van der Waals surface area (Å²) >= 11 is 0. The lowest BCUT2D eigenvalue weighted by atomic mass is 10.0. The fourth-order valence-corrected chi connectivity index (χ4v) is 3.42. The third-order valence-electron chi connectivity index (χ3n) is 5.13. The normalized spacial score (nSPS) is 11.0. The number of anilines is 2. The van der Waals surface area contributed by atoms with E-state index in [4.69, 9.17) is 19.3 Å². The van der Waals surface area contributed by atoms with Crippen molar-refractivity contribution in [3.63, 3.8) is 0 Å². The van der Waals surface area contributed by atoms with Gasteiger partial charge in [-0.1, -0.05) is 25.1 Å². The molecule has 0 saturated carbocycles. The summed E-state index contributed by atoms with van der Waals surface area (Å²) in [4.78, 5) is 17.4. The van der Waals surface area contributed by atoms with E-state index in [-0.39, 0.29) is 12.4 Å². The number of hydrogen-bond donors (Lipinski definition) is 2. The molecule has 0 atom stereocenters. The van der Waals surface area contributed by atoms with Crippen LogP contribution in [-0.4, -0.2) is 55.5 Å². The number of carbonyl (C=O) groups excluding carboxylic acids is 1. The van der Waals surface area contributed by atoms with Gasteiger partial charge >= 0.3 is 0 Å². The minimum Gasteiger partial charge on any atom is -0.491 e. The van der Waals surface area contributed by atoms with E-state index in [0.29, 0.717) is 50.8 Å². The number of pyridine rings is 1. The van der Waals surface area contributed by atoms with Crippen molar-refractivity contribution in [3.8, 4) is 5.75 Å². The standard InChI is InChI=1S/C26H32N2O5/c1-3-6-25(30)22-18-27-24-10-9-20(33-16-15-32-14-13-31-12-11-29)17-21(24)26(22)28-23-8-5-4-7-19(23)2/h4-5,7-10,17-18,29H,3,6,11-16H2,1-2H3,(H,27,28). The van der Waals surface area contributed by atoms with Crippen molar-refractivity contribution in [2.75, 3.05) is 45.0 Å². The Bertz CT molecular complexity index is 1050. The van der Waals surface area contributed by atoms with Crippen molar-refractivity contribution in [3.05, 3.63) is 59.8 Å². The lowest BCUT2D eigenvalue weighted by Gasteiger charge is -2.16. The molecule has 0 bridgehead atoms. The number of aliphatic hydroxyl groups excluding tert-OH is 1. The van der Waals surface area contributed by atoms with Gasteiger partial charge in [0.1, 0.15) is 12.4 Å². The predicted octanol–water partition coefficient (Wildman–Crippen LogP) is 4.67. The maximum atomic E-state index is 12.9. The quantitative estimate of drug-likeness (QED) is 0.271. The minimum absolute atomic E-state index is 0.00632. The zero-order valence-corrected chi connectivity index (χ0v) is 19.3. The molecule has 0 saturated heterocycles. The van der Waals surface area contributed by atoms with E-state index in [2.05, 4.69) is 10.3 Å². The van der Waals surface area contributed by atoms with Gasteiger partial charge in [-0.3, -0.25) is 9.78 Å². The maximum absolute atomic E-state index is 12.9. The van der Waals surface area contributed by atoms with Gasteiger partial charge in [0.05, 0.1) is 49.8 Å². The maximum Gasteiger partial charge on any atom is 0.166 e. The number of ketones is 1. The van der Waals surface area contributed by atoms with Crippen molar-refractivity contribution in [1.29, 1.82) is 0 Å². The largest absolute Gasteiger partial charge is 0.491 e. The Morgan fingerprint density at radius 2 is 1.79 bits per heavy atom. The number of nitrogens with one attached hydrogen (secondary N) is 1. The highest BCUT2D eigenvalue weighted by molar-refractivity contribution is 6.09. The van der Waals surface area contributed by atoms with Crippen LogP contribution in [-0.2, 0) is 9.47 Å². The molecule has 0 aliphatic heterocycles. The number of para-hydroxylation sites is 1. The Balaban J connectivity index is 1.80. The number of nitrogens with zero attached hydrogens (tertiary/aromatic N) is 1. The number of aryl methyl sites for hydroxylation is 1. The zero-order chi connectivity index (χ0) is 23.5. The highest BCUT2D eigenvalue weighted by Crippen LogP contribution is 2.33. The molecule has 1 heterocycles. The van der Waals surface area contributed by atoms with Gasteiger partial charge in [-0.25, -0.2) is 0 Å². The number of ether oxygens (including phenoxy) is 3. The van der Waals surface area contributed by atoms with Gasteiger partial charge in [0.25, 0.3) is 0 Å². The van der Waals surface area contributed by atoms with Crippen molar-refractivity contribution < 1.29 is 24.1 Å². The van der Waals surface area contributed by atoms with Crippen LogP contribution in [0.25, 0.3) is 10.9 Å². The first-order valence-electron chi connectivity index (χ1n) is 11.3. The van der Waals surface area contributed by atoms with Crippen LogP contribution in [0.2, 0.25) is 0 Å². The molecule has 0 radical (unpaired) electrons. The topological polar surface area (TPSA) is 89.9 Å². The van der Waals surface area contributed by atoms with Gasteiger partial charge < -0.3 is 24.6 Å². The molecule has 2 aromatic carbocycles. The average Bonchev–Trinajstić information content (AvgIpc) is 2.82. The van der Waals surface area contributed by atoms with E-state index >= 15 is 0 Å². The third kappa shape index (κ3) is 6.99. The van der Waals surface area contributed by atoms with Crippen molar-refractivity contribution in [1.82, 2.24) is 4.98 Å². The second-order valence-corrected chi connectivity index (χ2v) is 7.64. The molecule has 3 aromatic rings. The van der Waals surface area contributed by atoms with Gasteiger partial charge in [0, 0.05) is 23.7 Å². The van der Waals surface area contributed by atoms with E-state index < -0.39 is 0 Å². The van der Waals surface area contributed by atoms with Crippen LogP contribution in [0.4, 0.5) is 11.4 Å². The summed E-state index contributed by atoms with van der Waals surface area (Å²) in [5, 5.41) is 13.0. The molecule has 2 N–H and O–H groups in total. The summed E-state index contributed by atoms with van der Waals surface area (Å²) in [5.41, 5.74) is 4.14. The van der Waals surface area contributed by atoms with Crippen molar-refractivity contribution >= 4 is 28.1 Å². The molecule has 0 unspecified atom stereocenters. The second-order valence-electron chi connectivity index (χ2n) is 7.64. The monoisotopic (exact) mass is 452 g/mol. The molecular weight excluding hydrogens is 420 g/mol. The van der Waals surface area contributed by atoms with E-state index in [1.165, 1.54) is 0 Å². The highest BCUT2D eigenvalue weighted by Gasteiger charge is 2.16. The second kappa shape index (κ2) is 12.9. The Labute approximate surface area is 194 Å². The van der Waals surface area contributed by atoms with Gasteiger partial charge in [0.15, 0.2) is 5.78 Å². The van der Waals surface area contributed by atoms with Crippen LogP contribution < -0.4 is 10.1 Å². The number of rotatable bonds is 14. The summed E-state index contributed by atoms with van der Waals surface area (Å²) in [6.45, 7) is 6.02. The van der Waals surface area contributed by atoms with Crippen LogP contribution in [0.1, 0.15) is 35.7 Å². The molecular formula is C26H32N2O5. The number of benzene rings is 2. The Morgan fingerprint density at radius 3 is 2.55 bits per heavy atom. The Hall–Kier alpha value is -3.00. The van der Waals surface area contributed by atoms with E-state index in [0.717, 1.165) is 34.3 Å². The lowest BCUT2D eigenvalue weighted by Crippen LogP contribution is -2.12. The number of aromatic nitrogens is 1. The Morgan fingerprint density at radius 1 is 1.03 bits per heavy atom. The highest BCUT2D eigenvalue weighted by atomic mass is 16.5. The number of aliphatic hydroxyl groups is 1. The van der Waals surface area contributed by atoms with Crippen molar-refractivity contribution in [2.24, 2.45) is 0 Å².